The number of ether oxygens (including phenoxy) is 2. The molecule has 4 heterocycles. The first-order valence-electron chi connectivity index (χ1n) is 7.70. The molecule has 0 amide bonds. The summed E-state index contributed by atoms with van der Waals surface area (Å²) in [5.41, 5.74) is 1.99. The van der Waals surface area contributed by atoms with E-state index in [2.05, 4.69) is 9.97 Å². The van der Waals surface area contributed by atoms with Crippen LogP contribution in [0.3, 0.4) is 0 Å². The van der Waals surface area contributed by atoms with Gasteiger partial charge in [0, 0.05) is 17.3 Å². The number of hydrogen-bond acceptors (Lipinski definition) is 8. The molecule has 132 valence electrons. The lowest BCUT2D eigenvalue weighted by atomic mass is 10.1. The van der Waals surface area contributed by atoms with Crippen molar-refractivity contribution < 1.29 is 29.2 Å². The fraction of sp³-hybridized carbons (Fsp3) is 0.375. The number of methoxy groups -OCH3 is 1. The van der Waals surface area contributed by atoms with E-state index in [-0.39, 0.29) is 0 Å². The van der Waals surface area contributed by atoms with Crippen LogP contribution in [0.4, 0.5) is 0 Å². The average molecular weight is 347 g/mol. The van der Waals surface area contributed by atoms with Crippen molar-refractivity contribution in [1.29, 1.82) is 0 Å². The number of hydrogen-bond donors (Lipinski definition) is 3. The van der Waals surface area contributed by atoms with E-state index in [0.717, 1.165) is 11.1 Å². The summed E-state index contributed by atoms with van der Waals surface area (Å²) in [6, 6.07) is 1.78. The highest BCUT2D eigenvalue weighted by Crippen LogP contribution is 2.39. The molecular formula is C16H17N3O6. The molecule has 0 aromatic carbocycles. The van der Waals surface area contributed by atoms with Crippen LogP contribution in [0.5, 0.6) is 5.88 Å². The molecule has 3 aromatic heterocycles. The van der Waals surface area contributed by atoms with Gasteiger partial charge in [0.05, 0.1) is 31.6 Å². The zero-order valence-corrected chi connectivity index (χ0v) is 13.3. The molecule has 3 N–H and O–H groups in total. The summed E-state index contributed by atoms with van der Waals surface area (Å²) < 4.78 is 17.7. The second-order valence-electron chi connectivity index (χ2n) is 5.77. The molecule has 0 radical (unpaired) electrons. The summed E-state index contributed by atoms with van der Waals surface area (Å²) in [7, 11) is 1.50. The number of aliphatic hydroxyl groups excluding tert-OH is 3. The number of aliphatic hydroxyl groups is 3. The van der Waals surface area contributed by atoms with E-state index in [1.165, 1.54) is 13.4 Å². The summed E-state index contributed by atoms with van der Waals surface area (Å²) >= 11 is 0. The van der Waals surface area contributed by atoms with Crippen molar-refractivity contribution in [1.82, 2.24) is 14.5 Å². The van der Waals surface area contributed by atoms with Gasteiger partial charge in [0.2, 0.25) is 5.88 Å². The molecule has 4 rings (SSSR count). The van der Waals surface area contributed by atoms with Crippen LogP contribution in [0.25, 0.3) is 22.2 Å². The number of furan rings is 1. The molecule has 4 atom stereocenters. The molecule has 0 spiro atoms. The van der Waals surface area contributed by atoms with E-state index in [4.69, 9.17) is 13.9 Å². The lowest BCUT2D eigenvalue weighted by Gasteiger charge is -2.17. The summed E-state index contributed by atoms with van der Waals surface area (Å²) in [6.45, 7) is -0.402. The molecule has 0 unspecified atom stereocenters. The Kier molecular flexibility index (Phi) is 3.92. The van der Waals surface area contributed by atoms with Crippen LogP contribution in [0.15, 0.2) is 35.5 Å². The van der Waals surface area contributed by atoms with Crippen LogP contribution in [-0.4, -0.2) is 61.9 Å². The first-order chi connectivity index (χ1) is 12.2. The lowest BCUT2D eigenvalue weighted by Crippen LogP contribution is -2.33. The first-order valence-corrected chi connectivity index (χ1v) is 7.70. The molecule has 0 aliphatic carbocycles. The highest BCUT2D eigenvalue weighted by atomic mass is 16.6. The molecule has 1 fully saturated rings. The Bertz CT molecular complexity index is 878. The van der Waals surface area contributed by atoms with Gasteiger partial charge in [-0.1, -0.05) is 0 Å². The van der Waals surface area contributed by atoms with Crippen LogP contribution < -0.4 is 4.74 Å². The number of aromatic nitrogens is 3. The maximum absolute atomic E-state index is 10.3. The van der Waals surface area contributed by atoms with Crippen molar-refractivity contribution in [3.63, 3.8) is 0 Å². The monoisotopic (exact) mass is 347 g/mol. The SMILES string of the molecule is COc1ncnc2c1c(-c1ccoc1)cn2[C@@H]1O[C@H](CO)[C@@H](O)[C@H]1O. The van der Waals surface area contributed by atoms with Gasteiger partial charge in [-0.2, -0.15) is 0 Å². The highest BCUT2D eigenvalue weighted by molar-refractivity contribution is 5.97. The maximum Gasteiger partial charge on any atom is 0.226 e. The molecular weight excluding hydrogens is 330 g/mol. The summed E-state index contributed by atoms with van der Waals surface area (Å²) in [4.78, 5) is 8.41. The van der Waals surface area contributed by atoms with Gasteiger partial charge in [0.15, 0.2) is 6.23 Å². The predicted octanol–water partition coefficient (Wildman–Crippen LogP) is 0.311. The fourth-order valence-electron chi connectivity index (χ4n) is 3.15. The molecule has 9 nitrogen and oxygen atoms in total. The van der Waals surface area contributed by atoms with Crippen LogP contribution in [0.1, 0.15) is 6.23 Å². The quantitative estimate of drug-likeness (QED) is 0.616. The van der Waals surface area contributed by atoms with Crippen LogP contribution in [0, 0.1) is 0 Å². The predicted molar refractivity (Wildman–Crippen MR) is 84.8 cm³/mol. The van der Waals surface area contributed by atoms with Crippen molar-refractivity contribution in [3.05, 3.63) is 31.1 Å². The summed E-state index contributed by atoms with van der Waals surface area (Å²) in [6.07, 6.45) is 1.99. The van der Waals surface area contributed by atoms with Crippen LogP contribution in [-0.2, 0) is 4.74 Å². The van der Waals surface area contributed by atoms with Gasteiger partial charge in [-0.25, -0.2) is 9.97 Å². The van der Waals surface area contributed by atoms with E-state index < -0.39 is 31.1 Å². The molecule has 0 bridgehead atoms. The smallest absolute Gasteiger partial charge is 0.226 e. The summed E-state index contributed by atoms with van der Waals surface area (Å²) in [5, 5.41) is 30.3. The molecule has 1 aliphatic heterocycles. The van der Waals surface area contributed by atoms with Crippen molar-refractivity contribution in [2.45, 2.75) is 24.5 Å². The molecule has 1 aliphatic rings. The molecule has 25 heavy (non-hydrogen) atoms. The third-order valence-corrected chi connectivity index (χ3v) is 4.39. The maximum atomic E-state index is 10.3. The van der Waals surface area contributed by atoms with Crippen molar-refractivity contribution >= 4 is 11.0 Å². The normalized spacial score (nSPS) is 26.4. The third kappa shape index (κ3) is 2.40. The zero-order chi connectivity index (χ0) is 17.6. The van der Waals surface area contributed by atoms with Crippen LogP contribution in [0.2, 0.25) is 0 Å². The first kappa shape index (κ1) is 16.0. The zero-order valence-electron chi connectivity index (χ0n) is 13.3. The molecule has 1 saturated heterocycles. The van der Waals surface area contributed by atoms with Crippen LogP contribution >= 0.6 is 0 Å². The van der Waals surface area contributed by atoms with Crippen molar-refractivity contribution in [3.8, 4) is 17.0 Å². The lowest BCUT2D eigenvalue weighted by molar-refractivity contribution is -0.0508. The van der Waals surface area contributed by atoms with E-state index in [0.29, 0.717) is 16.9 Å². The number of fused-ring (bicyclic) bond motifs is 1. The Morgan fingerprint density at radius 1 is 1.28 bits per heavy atom. The molecule has 3 aromatic rings. The average Bonchev–Trinajstić information content (AvgIpc) is 3.34. The minimum absolute atomic E-state index is 0.367. The second kappa shape index (κ2) is 6.12. The van der Waals surface area contributed by atoms with Crippen molar-refractivity contribution in [2.24, 2.45) is 0 Å². The Morgan fingerprint density at radius 3 is 2.76 bits per heavy atom. The van der Waals surface area contributed by atoms with E-state index >= 15 is 0 Å². The van der Waals surface area contributed by atoms with Crippen molar-refractivity contribution in [2.75, 3.05) is 13.7 Å². The van der Waals surface area contributed by atoms with Gasteiger partial charge in [0.1, 0.15) is 30.3 Å². The summed E-state index contributed by atoms with van der Waals surface area (Å²) in [5.74, 6) is 0.367. The Balaban J connectivity index is 1.91. The van der Waals surface area contributed by atoms with Gasteiger partial charge in [-0.05, 0) is 6.07 Å². The standard InChI is InChI=1S/C16H17N3O6/c1-23-15-11-9(8-2-3-24-6-8)4-19(14(11)17-7-18-15)16-13(22)12(21)10(5-20)25-16/h2-4,6-7,10,12-13,16,20-22H,5H2,1H3/t10-,12-,13-,16-/m1/s1. The van der Waals surface area contributed by atoms with E-state index in [1.807, 2.05) is 0 Å². The number of rotatable bonds is 4. The fourth-order valence-corrected chi connectivity index (χ4v) is 3.15. The van der Waals surface area contributed by atoms with E-state index in [1.54, 1.807) is 29.4 Å². The largest absolute Gasteiger partial charge is 0.480 e. The topological polar surface area (TPSA) is 123 Å². The van der Waals surface area contributed by atoms with E-state index in [9.17, 15) is 15.3 Å². The Hall–Kier alpha value is -2.46. The van der Waals surface area contributed by atoms with Gasteiger partial charge < -0.3 is 33.8 Å². The van der Waals surface area contributed by atoms with Gasteiger partial charge >= 0.3 is 0 Å². The third-order valence-electron chi connectivity index (χ3n) is 4.39. The van der Waals surface area contributed by atoms with Gasteiger partial charge in [0.25, 0.3) is 0 Å². The highest BCUT2D eigenvalue weighted by Gasteiger charge is 2.44. The van der Waals surface area contributed by atoms with Gasteiger partial charge in [-0.15, -0.1) is 0 Å². The number of nitrogens with zero attached hydrogens (tertiary/aromatic N) is 3. The minimum atomic E-state index is -1.22. The Labute approximate surface area is 142 Å². The second-order valence-corrected chi connectivity index (χ2v) is 5.77. The molecule has 9 heteroatoms. The van der Waals surface area contributed by atoms with Gasteiger partial charge in [-0.3, -0.25) is 0 Å². The Morgan fingerprint density at radius 2 is 2.12 bits per heavy atom. The molecule has 0 saturated carbocycles. The minimum Gasteiger partial charge on any atom is -0.480 e.